The summed E-state index contributed by atoms with van der Waals surface area (Å²) in [5, 5.41) is 4.01. The molecule has 152 valence electrons. The van der Waals surface area contributed by atoms with E-state index in [1.165, 1.54) is 10.4 Å². The number of benzene rings is 1. The van der Waals surface area contributed by atoms with Crippen LogP contribution in [0.25, 0.3) is 20.7 Å². The van der Waals surface area contributed by atoms with E-state index in [4.69, 9.17) is 4.74 Å². The molecule has 0 radical (unpaired) electrons. The third kappa shape index (κ3) is 4.74. The van der Waals surface area contributed by atoms with Gasteiger partial charge in [-0.3, -0.25) is 4.79 Å². The number of nitrogens with one attached hydrogen (secondary N) is 1. The van der Waals surface area contributed by atoms with Crippen molar-refractivity contribution in [1.29, 1.82) is 0 Å². The quantitative estimate of drug-likeness (QED) is 0.642. The zero-order valence-corrected chi connectivity index (χ0v) is 17.7. The summed E-state index contributed by atoms with van der Waals surface area (Å²) in [5.74, 6) is 1.66. The Hall–Kier alpha value is -2.51. The molecule has 1 saturated heterocycles. The number of hydrogen-bond donors (Lipinski definition) is 1. The van der Waals surface area contributed by atoms with Gasteiger partial charge < -0.3 is 15.0 Å². The number of fused-ring (bicyclic) bond motifs is 1. The van der Waals surface area contributed by atoms with Gasteiger partial charge in [0.25, 0.3) is 0 Å². The fraction of sp³-hybridized carbons (Fsp3) is 0.409. The Morgan fingerprint density at radius 2 is 2.14 bits per heavy atom. The summed E-state index contributed by atoms with van der Waals surface area (Å²) in [6, 6.07) is 12.5. The molecule has 1 atom stereocenters. The van der Waals surface area contributed by atoms with Crippen molar-refractivity contribution < 1.29 is 9.53 Å². The molecule has 1 aliphatic rings. The van der Waals surface area contributed by atoms with Crippen LogP contribution in [0.4, 0.5) is 5.82 Å². The van der Waals surface area contributed by atoms with Gasteiger partial charge in [0, 0.05) is 38.0 Å². The van der Waals surface area contributed by atoms with Crippen LogP contribution in [0.1, 0.15) is 25.1 Å². The van der Waals surface area contributed by atoms with Gasteiger partial charge in [0.2, 0.25) is 5.91 Å². The van der Waals surface area contributed by atoms with E-state index in [0.717, 1.165) is 41.3 Å². The molecular weight excluding hydrogens is 384 g/mol. The second-order valence-electron chi connectivity index (χ2n) is 7.40. The summed E-state index contributed by atoms with van der Waals surface area (Å²) < 4.78 is 5.56. The first-order chi connectivity index (χ1) is 14.1. The monoisotopic (exact) mass is 410 g/mol. The Bertz CT molecular complexity index is 983. The molecule has 7 heteroatoms. The van der Waals surface area contributed by atoms with Gasteiger partial charge in [0.15, 0.2) is 0 Å². The topological polar surface area (TPSA) is 67.4 Å². The fourth-order valence-electron chi connectivity index (χ4n) is 3.54. The van der Waals surface area contributed by atoms with Crippen LogP contribution in [-0.2, 0) is 9.53 Å². The number of carbonyl (C=O) groups is 1. The van der Waals surface area contributed by atoms with Crippen LogP contribution in [0, 0.1) is 6.92 Å². The molecule has 29 heavy (non-hydrogen) atoms. The molecular formula is C22H26N4O2S. The molecule has 1 unspecified atom stereocenters. The second kappa shape index (κ2) is 8.88. The molecule has 0 aliphatic carbocycles. The molecule has 1 fully saturated rings. The highest BCUT2D eigenvalue weighted by Gasteiger charge is 2.18. The number of hydrogen-bond acceptors (Lipinski definition) is 6. The lowest BCUT2D eigenvalue weighted by atomic mass is 10.2. The number of rotatable bonds is 7. The van der Waals surface area contributed by atoms with Crippen LogP contribution in [0.3, 0.4) is 0 Å². The van der Waals surface area contributed by atoms with E-state index in [-0.39, 0.29) is 12.0 Å². The van der Waals surface area contributed by atoms with Crippen molar-refractivity contribution >= 4 is 33.3 Å². The van der Waals surface area contributed by atoms with Gasteiger partial charge in [0.05, 0.1) is 11.5 Å². The molecule has 3 heterocycles. The SMILES string of the molecule is Cc1nc(N(C)CCC(=O)NCC2CCCO2)c2cc(-c3ccccc3)sc2n1. The lowest BCUT2D eigenvalue weighted by Gasteiger charge is -2.19. The summed E-state index contributed by atoms with van der Waals surface area (Å²) in [6.07, 6.45) is 2.70. The zero-order valence-electron chi connectivity index (χ0n) is 16.9. The number of aromatic nitrogens is 2. The molecule has 6 nitrogen and oxygen atoms in total. The third-order valence-electron chi connectivity index (χ3n) is 5.13. The highest BCUT2D eigenvalue weighted by Crippen LogP contribution is 2.36. The molecule has 0 spiro atoms. The Kier molecular flexibility index (Phi) is 6.06. The van der Waals surface area contributed by atoms with E-state index in [1.807, 2.05) is 37.1 Å². The lowest BCUT2D eigenvalue weighted by Crippen LogP contribution is -2.34. The van der Waals surface area contributed by atoms with Crippen molar-refractivity contribution in [3.05, 3.63) is 42.2 Å². The Balaban J connectivity index is 1.45. The summed E-state index contributed by atoms with van der Waals surface area (Å²) in [6.45, 7) is 3.91. The van der Waals surface area contributed by atoms with Crippen molar-refractivity contribution in [2.24, 2.45) is 0 Å². The number of amides is 1. The molecule has 3 aromatic rings. The Morgan fingerprint density at radius 3 is 2.90 bits per heavy atom. The first-order valence-corrected chi connectivity index (χ1v) is 10.8. The van der Waals surface area contributed by atoms with Gasteiger partial charge in [-0.1, -0.05) is 30.3 Å². The number of carbonyl (C=O) groups excluding carboxylic acids is 1. The largest absolute Gasteiger partial charge is 0.376 e. The average Bonchev–Trinajstić information content (AvgIpc) is 3.40. The number of aryl methyl sites for hydroxylation is 1. The molecule has 1 amide bonds. The Morgan fingerprint density at radius 1 is 1.31 bits per heavy atom. The van der Waals surface area contributed by atoms with Crippen LogP contribution in [0.2, 0.25) is 0 Å². The normalized spacial score (nSPS) is 16.3. The minimum absolute atomic E-state index is 0.0460. The predicted molar refractivity (Wildman–Crippen MR) is 117 cm³/mol. The van der Waals surface area contributed by atoms with E-state index in [1.54, 1.807) is 11.3 Å². The maximum absolute atomic E-state index is 12.2. The first-order valence-electron chi connectivity index (χ1n) is 10.0. The molecule has 0 saturated carbocycles. The van der Waals surface area contributed by atoms with Crippen LogP contribution in [0.15, 0.2) is 36.4 Å². The van der Waals surface area contributed by atoms with Crippen LogP contribution >= 0.6 is 11.3 Å². The number of anilines is 1. The highest BCUT2D eigenvalue weighted by molar-refractivity contribution is 7.21. The van der Waals surface area contributed by atoms with E-state index in [0.29, 0.717) is 19.5 Å². The van der Waals surface area contributed by atoms with E-state index < -0.39 is 0 Å². The van der Waals surface area contributed by atoms with Crippen LogP contribution < -0.4 is 10.2 Å². The van der Waals surface area contributed by atoms with Gasteiger partial charge in [-0.25, -0.2) is 9.97 Å². The molecule has 2 aromatic heterocycles. The zero-order chi connectivity index (χ0) is 20.2. The number of thiophene rings is 1. The fourth-order valence-corrected chi connectivity index (χ4v) is 4.62. The third-order valence-corrected chi connectivity index (χ3v) is 6.21. The van der Waals surface area contributed by atoms with Gasteiger partial charge >= 0.3 is 0 Å². The maximum Gasteiger partial charge on any atom is 0.221 e. The minimum Gasteiger partial charge on any atom is -0.376 e. The van der Waals surface area contributed by atoms with Gasteiger partial charge in [-0.05, 0) is 31.4 Å². The average molecular weight is 411 g/mol. The van der Waals surface area contributed by atoms with Gasteiger partial charge in [-0.15, -0.1) is 11.3 Å². The Labute approximate surface area is 174 Å². The van der Waals surface area contributed by atoms with Crippen molar-refractivity contribution in [1.82, 2.24) is 15.3 Å². The maximum atomic E-state index is 12.2. The second-order valence-corrected chi connectivity index (χ2v) is 8.43. The van der Waals surface area contributed by atoms with Gasteiger partial charge in [0.1, 0.15) is 16.5 Å². The minimum atomic E-state index is 0.0460. The summed E-state index contributed by atoms with van der Waals surface area (Å²) in [4.78, 5) is 25.7. The van der Waals surface area contributed by atoms with Crippen molar-refractivity contribution in [2.75, 3.05) is 31.6 Å². The van der Waals surface area contributed by atoms with E-state index in [2.05, 4.69) is 33.5 Å². The standard InChI is InChI=1S/C22H26N4O2S/c1-15-24-21(26(2)11-10-20(27)23-14-17-9-6-12-28-17)18-13-19(29-22(18)25-15)16-7-4-3-5-8-16/h3-5,7-8,13,17H,6,9-12,14H2,1-2H3,(H,23,27). The smallest absolute Gasteiger partial charge is 0.221 e. The molecule has 1 aliphatic heterocycles. The van der Waals surface area contributed by atoms with Crippen molar-refractivity contribution in [3.63, 3.8) is 0 Å². The predicted octanol–water partition coefficient (Wildman–Crippen LogP) is 3.79. The first kappa shape index (κ1) is 19.8. The lowest BCUT2D eigenvalue weighted by molar-refractivity contribution is -0.121. The molecule has 1 N–H and O–H groups in total. The van der Waals surface area contributed by atoms with Crippen LogP contribution in [-0.4, -0.2) is 48.7 Å². The van der Waals surface area contributed by atoms with Gasteiger partial charge in [-0.2, -0.15) is 0 Å². The van der Waals surface area contributed by atoms with E-state index in [9.17, 15) is 4.79 Å². The number of ether oxygens (including phenoxy) is 1. The van der Waals surface area contributed by atoms with Crippen molar-refractivity contribution in [2.45, 2.75) is 32.3 Å². The summed E-state index contributed by atoms with van der Waals surface area (Å²) in [5.41, 5.74) is 1.18. The highest BCUT2D eigenvalue weighted by atomic mass is 32.1. The molecule has 0 bridgehead atoms. The van der Waals surface area contributed by atoms with Crippen LogP contribution in [0.5, 0.6) is 0 Å². The summed E-state index contributed by atoms with van der Waals surface area (Å²) in [7, 11) is 1.98. The number of nitrogens with zero attached hydrogens (tertiary/aromatic N) is 3. The summed E-state index contributed by atoms with van der Waals surface area (Å²) >= 11 is 1.67. The molecule has 1 aromatic carbocycles. The molecule has 4 rings (SSSR count). The van der Waals surface area contributed by atoms with E-state index >= 15 is 0 Å². The van der Waals surface area contributed by atoms with Crippen molar-refractivity contribution in [3.8, 4) is 10.4 Å².